The summed E-state index contributed by atoms with van der Waals surface area (Å²) in [5.74, 6) is -1.85. The highest BCUT2D eigenvalue weighted by Crippen LogP contribution is 2.26. The molecule has 0 spiro atoms. The van der Waals surface area contributed by atoms with E-state index < -0.39 is 23.4 Å². The Bertz CT molecular complexity index is 369. The SMILES string of the molecule is [B]c1c(F)cc(C2OCC([B])CO2)cc1F. The molecule has 1 aromatic carbocycles. The Kier molecular flexibility index (Phi) is 3.30. The topological polar surface area (TPSA) is 18.5 Å². The lowest BCUT2D eigenvalue weighted by Crippen LogP contribution is -2.24. The molecule has 0 amide bonds. The molecule has 1 fully saturated rings. The smallest absolute Gasteiger partial charge is 0.183 e. The van der Waals surface area contributed by atoms with Gasteiger partial charge in [-0.25, -0.2) is 8.78 Å². The van der Waals surface area contributed by atoms with E-state index in [0.717, 1.165) is 12.1 Å². The van der Waals surface area contributed by atoms with Crippen LogP contribution in [0, 0.1) is 11.6 Å². The van der Waals surface area contributed by atoms with Crippen molar-refractivity contribution < 1.29 is 18.3 Å². The van der Waals surface area contributed by atoms with Crippen molar-refractivity contribution in [3.05, 3.63) is 29.3 Å². The van der Waals surface area contributed by atoms with Crippen LogP contribution in [0.2, 0.25) is 5.82 Å². The molecule has 80 valence electrons. The largest absolute Gasteiger partial charge is 0.349 e. The summed E-state index contributed by atoms with van der Waals surface area (Å²) in [4.78, 5) is 0. The van der Waals surface area contributed by atoms with E-state index in [0.29, 0.717) is 0 Å². The molecule has 0 saturated carbocycles. The zero-order valence-electron chi connectivity index (χ0n) is 8.45. The van der Waals surface area contributed by atoms with Crippen molar-refractivity contribution in [2.75, 3.05) is 13.2 Å². The molecule has 0 unspecified atom stereocenters. The van der Waals surface area contributed by atoms with E-state index in [1.54, 1.807) is 0 Å². The Labute approximate surface area is 94.7 Å². The molecule has 4 radical (unpaired) electrons. The highest BCUT2D eigenvalue weighted by molar-refractivity contribution is 6.32. The van der Waals surface area contributed by atoms with E-state index >= 15 is 0 Å². The molecule has 0 aromatic heterocycles. The van der Waals surface area contributed by atoms with Gasteiger partial charge in [0.15, 0.2) is 6.29 Å². The van der Waals surface area contributed by atoms with Crippen molar-refractivity contribution in [1.82, 2.24) is 0 Å². The fourth-order valence-electron chi connectivity index (χ4n) is 1.45. The van der Waals surface area contributed by atoms with E-state index in [4.69, 9.17) is 25.2 Å². The monoisotopic (exact) mass is 220 g/mol. The van der Waals surface area contributed by atoms with E-state index in [1.807, 2.05) is 0 Å². The van der Waals surface area contributed by atoms with Gasteiger partial charge in [-0.05, 0) is 23.4 Å². The second-order valence-electron chi connectivity index (χ2n) is 3.66. The molecule has 2 nitrogen and oxygen atoms in total. The highest BCUT2D eigenvalue weighted by atomic mass is 19.1. The van der Waals surface area contributed by atoms with Crippen molar-refractivity contribution in [1.29, 1.82) is 0 Å². The summed E-state index contributed by atoms with van der Waals surface area (Å²) in [6.07, 6.45) is -0.788. The average Bonchev–Trinajstić information content (AvgIpc) is 2.26. The standard InChI is InChI=1S/C10H8B2F2O2/c11-6-3-15-10(16-4-6)5-1-7(13)9(12)8(14)2-5/h1-2,6,10H,3-4H2. The molecular formula is C10H8B2F2O2. The third-order valence-corrected chi connectivity index (χ3v) is 2.30. The Hall–Kier alpha value is -0.870. The van der Waals surface area contributed by atoms with Gasteiger partial charge in [0.2, 0.25) is 0 Å². The molecule has 6 heteroatoms. The number of rotatable bonds is 1. The lowest BCUT2D eigenvalue weighted by molar-refractivity contribution is -0.182. The van der Waals surface area contributed by atoms with E-state index in [2.05, 4.69) is 0 Å². The molecule has 1 aromatic rings. The molecular weight excluding hydrogens is 212 g/mol. The minimum absolute atomic E-state index is 0.209. The third kappa shape index (κ3) is 2.28. The summed E-state index contributed by atoms with van der Waals surface area (Å²) in [6.45, 7) is 0.580. The Balaban J connectivity index is 2.21. The molecule has 2 rings (SSSR count). The Morgan fingerprint density at radius 2 is 1.62 bits per heavy atom. The molecule has 1 aliphatic rings. The lowest BCUT2D eigenvalue weighted by Gasteiger charge is -2.28. The Morgan fingerprint density at radius 3 is 2.12 bits per heavy atom. The number of halogens is 2. The lowest BCUT2D eigenvalue weighted by atomic mass is 9.88. The average molecular weight is 220 g/mol. The summed E-state index contributed by atoms with van der Waals surface area (Å²) in [6, 6.07) is 2.19. The quantitative estimate of drug-likeness (QED) is 0.650. The van der Waals surface area contributed by atoms with E-state index in [9.17, 15) is 8.78 Å². The van der Waals surface area contributed by atoms with Crippen molar-refractivity contribution in [3.63, 3.8) is 0 Å². The van der Waals surface area contributed by atoms with Gasteiger partial charge in [0.1, 0.15) is 19.5 Å². The highest BCUT2D eigenvalue weighted by Gasteiger charge is 2.22. The van der Waals surface area contributed by atoms with Gasteiger partial charge in [0.25, 0.3) is 0 Å². The normalized spacial score (nSPS) is 25.6. The summed E-state index contributed by atoms with van der Waals surface area (Å²) in [5, 5.41) is 0. The number of hydrogen-bond acceptors (Lipinski definition) is 2. The molecule has 16 heavy (non-hydrogen) atoms. The van der Waals surface area contributed by atoms with Crippen LogP contribution in [0.15, 0.2) is 12.1 Å². The molecule has 0 bridgehead atoms. The van der Waals surface area contributed by atoms with Gasteiger partial charge in [-0.3, -0.25) is 0 Å². The maximum absolute atomic E-state index is 13.2. The maximum atomic E-state index is 13.2. The van der Waals surface area contributed by atoms with Crippen LogP contribution in [0.5, 0.6) is 0 Å². The van der Waals surface area contributed by atoms with Crippen molar-refractivity contribution >= 4 is 21.2 Å². The first kappa shape index (κ1) is 11.6. The van der Waals surface area contributed by atoms with Crippen LogP contribution >= 0.6 is 0 Å². The van der Waals surface area contributed by atoms with Crippen molar-refractivity contribution in [2.24, 2.45) is 0 Å². The molecule has 1 heterocycles. The van der Waals surface area contributed by atoms with Crippen molar-refractivity contribution in [3.8, 4) is 0 Å². The van der Waals surface area contributed by atoms with E-state index in [-0.39, 0.29) is 24.6 Å². The summed E-state index contributed by atoms with van der Waals surface area (Å²) < 4.78 is 36.8. The van der Waals surface area contributed by atoms with Crippen LogP contribution in [0.25, 0.3) is 0 Å². The fourth-order valence-corrected chi connectivity index (χ4v) is 1.45. The summed E-state index contributed by atoms with van der Waals surface area (Å²) in [7, 11) is 10.7. The number of ether oxygens (including phenoxy) is 2. The van der Waals surface area contributed by atoms with Crippen molar-refractivity contribution in [2.45, 2.75) is 12.1 Å². The van der Waals surface area contributed by atoms with Crippen LogP contribution in [0.4, 0.5) is 8.78 Å². The zero-order chi connectivity index (χ0) is 11.7. The molecule has 1 saturated heterocycles. The molecule has 0 N–H and O–H groups in total. The van der Waals surface area contributed by atoms with Gasteiger partial charge in [0, 0.05) is 18.8 Å². The van der Waals surface area contributed by atoms with Crippen LogP contribution in [-0.2, 0) is 9.47 Å². The molecule has 0 atom stereocenters. The van der Waals surface area contributed by atoms with Gasteiger partial charge in [0.05, 0.1) is 7.85 Å². The molecule has 0 aliphatic carbocycles. The van der Waals surface area contributed by atoms with Crippen LogP contribution < -0.4 is 5.46 Å². The Morgan fingerprint density at radius 1 is 1.12 bits per heavy atom. The first-order chi connectivity index (χ1) is 7.58. The van der Waals surface area contributed by atoms with Gasteiger partial charge in [-0.1, -0.05) is 0 Å². The summed E-state index contributed by atoms with van der Waals surface area (Å²) >= 11 is 0. The molecule has 1 aliphatic heterocycles. The predicted octanol–water partition coefficient (Wildman–Crippen LogP) is 0.761. The number of benzene rings is 1. The van der Waals surface area contributed by atoms with E-state index in [1.165, 1.54) is 0 Å². The first-order valence-corrected chi connectivity index (χ1v) is 4.81. The van der Waals surface area contributed by atoms with Gasteiger partial charge in [-0.15, -0.1) is 0 Å². The second-order valence-corrected chi connectivity index (χ2v) is 3.66. The van der Waals surface area contributed by atoms with Gasteiger partial charge < -0.3 is 9.47 Å². The number of hydrogen-bond donors (Lipinski definition) is 0. The minimum Gasteiger partial charge on any atom is -0.349 e. The van der Waals surface area contributed by atoms with Crippen LogP contribution in [0.3, 0.4) is 0 Å². The maximum Gasteiger partial charge on any atom is 0.183 e. The third-order valence-electron chi connectivity index (χ3n) is 2.30. The van der Waals surface area contributed by atoms with Crippen LogP contribution in [-0.4, -0.2) is 28.9 Å². The minimum atomic E-state index is -0.822. The van der Waals surface area contributed by atoms with Crippen LogP contribution in [0.1, 0.15) is 11.9 Å². The zero-order valence-corrected chi connectivity index (χ0v) is 8.45. The predicted molar refractivity (Wildman–Crippen MR) is 55.9 cm³/mol. The first-order valence-electron chi connectivity index (χ1n) is 4.81. The van der Waals surface area contributed by atoms with Gasteiger partial charge >= 0.3 is 0 Å². The van der Waals surface area contributed by atoms with Gasteiger partial charge in [-0.2, -0.15) is 0 Å². The summed E-state index contributed by atoms with van der Waals surface area (Å²) in [5.41, 5.74) is -0.243. The fraction of sp³-hybridized carbons (Fsp3) is 0.400. The second kappa shape index (κ2) is 4.55.